The lowest BCUT2D eigenvalue weighted by molar-refractivity contribution is -0.132. The van der Waals surface area contributed by atoms with E-state index in [1.165, 1.54) is 23.1 Å². The maximum absolute atomic E-state index is 13.5. The average Bonchev–Trinajstić information content (AvgIpc) is 2.91. The van der Waals surface area contributed by atoms with Crippen LogP contribution in [0.5, 0.6) is 5.75 Å². The lowest BCUT2D eigenvalue weighted by atomic mass is 9.93. The molecule has 0 unspecified atom stereocenters. The number of nitrogens with zero attached hydrogens (tertiary/aromatic N) is 1. The Balaban J connectivity index is 1.51. The Labute approximate surface area is 213 Å². The second kappa shape index (κ2) is 10.3. The topological polar surface area (TPSA) is 113 Å². The summed E-state index contributed by atoms with van der Waals surface area (Å²) in [5.41, 5.74) is 1.38. The standard InChI is InChI=1S/C29H26N2O6/c32-26-24(27(33)31(29(36)30-26)21-7-2-1-3-8-21)16-23-22-9-5-4-6-19(22)14-15-25(23)37-17-18-10-12-20(13-11-18)28(34)35/h4-6,9-16,21H,1-3,7-8,17H2,(H,34,35)(H,30,32,36). The Kier molecular flexibility index (Phi) is 6.72. The van der Waals surface area contributed by atoms with E-state index in [0.717, 1.165) is 48.4 Å². The van der Waals surface area contributed by atoms with Crippen molar-refractivity contribution in [3.63, 3.8) is 0 Å². The van der Waals surface area contributed by atoms with Gasteiger partial charge in [0.2, 0.25) is 0 Å². The minimum atomic E-state index is -1.01. The zero-order chi connectivity index (χ0) is 25.9. The highest BCUT2D eigenvalue weighted by molar-refractivity contribution is 6.31. The number of aromatic carboxylic acids is 1. The number of ether oxygens (including phenoxy) is 1. The number of benzene rings is 3. The van der Waals surface area contributed by atoms with Crippen molar-refractivity contribution in [3.8, 4) is 5.75 Å². The van der Waals surface area contributed by atoms with E-state index in [1.54, 1.807) is 18.2 Å². The Hall–Kier alpha value is -4.46. The van der Waals surface area contributed by atoms with Crippen LogP contribution in [0.4, 0.5) is 4.79 Å². The molecular formula is C29H26N2O6. The largest absolute Gasteiger partial charge is 0.488 e. The second-order valence-corrected chi connectivity index (χ2v) is 9.27. The molecule has 8 nitrogen and oxygen atoms in total. The number of hydrogen-bond donors (Lipinski definition) is 2. The summed E-state index contributed by atoms with van der Waals surface area (Å²) in [7, 11) is 0. The van der Waals surface area contributed by atoms with E-state index < -0.39 is 23.8 Å². The molecule has 8 heteroatoms. The number of imide groups is 2. The number of carboxylic acids is 1. The maximum atomic E-state index is 13.5. The van der Waals surface area contributed by atoms with E-state index in [1.807, 2.05) is 30.3 Å². The molecule has 2 fully saturated rings. The minimum Gasteiger partial charge on any atom is -0.488 e. The van der Waals surface area contributed by atoms with Gasteiger partial charge in [0.25, 0.3) is 11.8 Å². The second-order valence-electron chi connectivity index (χ2n) is 9.27. The normalized spacial score (nSPS) is 17.8. The molecular weight excluding hydrogens is 472 g/mol. The van der Waals surface area contributed by atoms with Crippen LogP contribution in [-0.2, 0) is 16.2 Å². The van der Waals surface area contributed by atoms with Gasteiger partial charge in [-0.25, -0.2) is 9.59 Å². The zero-order valence-electron chi connectivity index (χ0n) is 20.1. The molecule has 1 aliphatic heterocycles. The number of rotatable bonds is 6. The molecule has 2 aliphatic rings. The molecule has 0 atom stereocenters. The van der Waals surface area contributed by atoms with Gasteiger partial charge >= 0.3 is 12.0 Å². The van der Waals surface area contributed by atoms with Crippen LogP contribution in [0.25, 0.3) is 16.8 Å². The fraction of sp³-hybridized carbons (Fsp3) is 0.241. The smallest absolute Gasteiger partial charge is 0.335 e. The molecule has 4 amide bonds. The average molecular weight is 499 g/mol. The van der Waals surface area contributed by atoms with E-state index >= 15 is 0 Å². The maximum Gasteiger partial charge on any atom is 0.335 e. The predicted octanol–water partition coefficient (Wildman–Crippen LogP) is 4.91. The SMILES string of the molecule is O=C1NC(=O)N(C2CCCCC2)C(=O)C1=Cc1c(OCc2ccc(C(=O)O)cc2)ccc2ccccc12. The van der Waals surface area contributed by atoms with Crippen LogP contribution in [0.1, 0.15) is 53.6 Å². The molecule has 0 aromatic heterocycles. The van der Waals surface area contributed by atoms with Crippen molar-refractivity contribution in [1.29, 1.82) is 0 Å². The molecule has 2 N–H and O–H groups in total. The van der Waals surface area contributed by atoms with Crippen LogP contribution in [0, 0.1) is 0 Å². The number of carboxylic acid groups (broad SMARTS) is 1. The number of hydrogen-bond acceptors (Lipinski definition) is 5. The molecule has 1 heterocycles. The van der Waals surface area contributed by atoms with Crippen molar-refractivity contribution >= 4 is 40.7 Å². The lowest BCUT2D eigenvalue weighted by Crippen LogP contribution is -2.58. The first kappa shape index (κ1) is 24.2. The fourth-order valence-electron chi connectivity index (χ4n) is 4.94. The summed E-state index contributed by atoms with van der Waals surface area (Å²) in [6, 6.07) is 16.7. The van der Waals surface area contributed by atoms with Crippen LogP contribution in [0.3, 0.4) is 0 Å². The molecule has 3 aromatic carbocycles. The Morgan fingerprint density at radius 1 is 0.973 bits per heavy atom. The third-order valence-corrected chi connectivity index (χ3v) is 6.89. The molecule has 0 bridgehead atoms. The number of carbonyl (C=O) groups is 4. The Morgan fingerprint density at radius 3 is 2.43 bits per heavy atom. The first-order valence-corrected chi connectivity index (χ1v) is 12.3. The van der Waals surface area contributed by atoms with E-state index in [0.29, 0.717) is 11.3 Å². The van der Waals surface area contributed by atoms with Gasteiger partial charge < -0.3 is 9.84 Å². The number of amides is 4. The van der Waals surface area contributed by atoms with E-state index in [-0.39, 0.29) is 23.8 Å². The highest BCUT2D eigenvalue weighted by atomic mass is 16.5. The molecule has 3 aromatic rings. The highest BCUT2D eigenvalue weighted by Crippen LogP contribution is 2.33. The van der Waals surface area contributed by atoms with E-state index in [9.17, 15) is 19.2 Å². The van der Waals surface area contributed by atoms with Gasteiger partial charge in [0.05, 0.1) is 5.56 Å². The van der Waals surface area contributed by atoms with Gasteiger partial charge in [0, 0.05) is 11.6 Å². The number of carbonyl (C=O) groups excluding carboxylic acids is 3. The number of fused-ring (bicyclic) bond motifs is 1. The lowest BCUT2D eigenvalue weighted by Gasteiger charge is -2.35. The van der Waals surface area contributed by atoms with Crippen LogP contribution < -0.4 is 10.1 Å². The van der Waals surface area contributed by atoms with Crippen molar-refractivity contribution in [2.24, 2.45) is 0 Å². The number of nitrogens with one attached hydrogen (secondary N) is 1. The molecule has 0 spiro atoms. The zero-order valence-corrected chi connectivity index (χ0v) is 20.1. The van der Waals surface area contributed by atoms with Crippen molar-refractivity contribution in [1.82, 2.24) is 10.2 Å². The highest BCUT2D eigenvalue weighted by Gasteiger charge is 2.40. The summed E-state index contributed by atoms with van der Waals surface area (Å²) in [5, 5.41) is 13.1. The Bertz CT molecular complexity index is 1420. The van der Waals surface area contributed by atoms with Gasteiger partial charge in [-0.2, -0.15) is 0 Å². The summed E-state index contributed by atoms with van der Waals surface area (Å²) in [5.74, 6) is -1.88. The molecule has 5 rings (SSSR count). The summed E-state index contributed by atoms with van der Waals surface area (Å²) < 4.78 is 6.09. The minimum absolute atomic E-state index is 0.114. The van der Waals surface area contributed by atoms with Crippen LogP contribution in [0.15, 0.2) is 66.2 Å². The molecule has 1 saturated carbocycles. The molecule has 0 radical (unpaired) electrons. The summed E-state index contributed by atoms with van der Waals surface area (Å²) >= 11 is 0. The van der Waals surface area contributed by atoms with Crippen LogP contribution in [-0.4, -0.2) is 39.9 Å². The first-order chi connectivity index (χ1) is 17.9. The van der Waals surface area contributed by atoms with Crippen molar-refractivity contribution in [2.75, 3.05) is 0 Å². The van der Waals surface area contributed by atoms with Crippen molar-refractivity contribution in [2.45, 2.75) is 44.8 Å². The van der Waals surface area contributed by atoms with E-state index in [4.69, 9.17) is 9.84 Å². The third-order valence-electron chi connectivity index (χ3n) is 6.89. The summed E-state index contributed by atoms with van der Waals surface area (Å²) in [4.78, 5) is 51.2. The van der Waals surface area contributed by atoms with Crippen LogP contribution >= 0.6 is 0 Å². The van der Waals surface area contributed by atoms with Gasteiger partial charge in [0.1, 0.15) is 17.9 Å². The van der Waals surface area contributed by atoms with Gasteiger partial charge in [0.15, 0.2) is 0 Å². The molecule has 37 heavy (non-hydrogen) atoms. The quantitative estimate of drug-likeness (QED) is 0.369. The van der Waals surface area contributed by atoms with Crippen molar-refractivity contribution in [3.05, 3.63) is 82.9 Å². The molecule has 188 valence electrons. The monoisotopic (exact) mass is 498 g/mol. The van der Waals surface area contributed by atoms with E-state index in [2.05, 4.69) is 5.32 Å². The van der Waals surface area contributed by atoms with Gasteiger partial charge in [-0.15, -0.1) is 0 Å². The van der Waals surface area contributed by atoms with Gasteiger partial charge in [-0.05, 0) is 53.5 Å². The number of urea groups is 1. The predicted molar refractivity (Wildman–Crippen MR) is 137 cm³/mol. The Morgan fingerprint density at radius 2 is 1.70 bits per heavy atom. The first-order valence-electron chi connectivity index (χ1n) is 12.3. The fourth-order valence-corrected chi connectivity index (χ4v) is 4.94. The molecule has 1 aliphatic carbocycles. The third kappa shape index (κ3) is 4.95. The molecule has 1 saturated heterocycles. The van der Waals surface area contributed by atoms with Crippen molar-refractivity contribution < 1.29 is 29.0 Å². The van der Waals surface area contributed by atoms with Gasteiger partial charge in [-0.3, -0.25) is 19.8 Å². The summed E-state index contributed by atoms with van der Waals surface area (Å²) in [6.45, 7) is 0.154. The van der Waals surface area contributed by atoms with Gasteiger partial charge in [-0.1, -0.05) is 61.7 Å². The summed E-state index contributed by atoms with van der Waals surface area (Å²) in [6.07, 6.45) is 5.89. The van der Waals surface area contributed by atoms with Crippen LogP contribution in [0.2, 0.25) is 0 Å². The number of barbiturate groups is 1.